The molecule has 0 spiro atoms. The van der Waals surface area contributed by atoms with Gasteiger partial charge in [0.05, 0.1) is 16.8 Å². The SMILES string of the molecule is CNCC(O)CS(=O)(=O)c1ccc(C)c(C)c1. The number of hydrogen-bond acceptors (Lipinski definition) is 4. The zero-order valence-corrected chi connectivity index (χ0v) is 11.2. The Morgan fingerprint density at radius 2 is 1.94 bits per heavy atom. The quantitative estimate of drug-likeness (QED) is 0.813. The fourth-order valence-corrected chi connectivity index (χ4v) is 3.00. The molecule has 5 heteroatoms. The molecule has 0 aliphatic carbocycles. The van der Waals surface area contributed by atoms with E-state index in [1.54, 1.807) is 25.2 Å². The lowest BCUT2D eigenvalue weighted by atomic mass is 10.1. The van der Waals surface area contributed by atoms with E-state index in [2.05, 4.69) is 5.32 Å². The van der Waals surface area contributed by atoms with Gasteiger partial charge in [-0.25, -0.2) is 8.42 Å². The zero-order chi connectivity index (χ0) is 13.1. The van der Waals surface area contributed by atoms with Gasteiger partial charge in [-0.05, 0) is 44.2 Å². The highest BCUT2D eigenvalue weighted by atomic mass is 32.2. The molecule has 0 heterocycles. The van der Waals surface area contributed by atoms with Crippen LogP contribution in [-0.2, 0) is 9.84 Å². The molecule has 1 aromatic carbocycles. The molecule has 2 N–H and O–H groups in total. The molecule has 0 saturated carbocycles. The van der Waals surface area contributed by atoms with Crippen LogP contribution in [-0.4, -0.2) is 39.0 Å². The molecule has 0 radical (unpaired) electrons. The molecule has 0 aliphatic heterocycles. The van der Waals surface area contributed by atoms with E-state index >= 15 is 0 Å². The van der Waals surface area contributed by atoms with Gasteiger partial charge in [0.25, 0.3) is 0 Å². The summed E-state index contributed by atoms with van der Waals surface area (Å²) in [5.41, 5.74) is 1.99. The average molecular weight is 257 g/mol. The lowest BCUT2D eigenvalue weighted by Gasteiger charge is -2.11. The van der Waals surface area contributed by atoms with Crippen LogP contribution in [0.2, 0.25) is 0 Å². The zero-order valence-electron chi connectivity index (χ0n) is 10.4. The number of aliphatic hydroxyl groups is 1. The smallest absolute Gasteiger partial charge is 0.180 e. The second-order valence-electron chi connectivity index (χ2n) is 4.24. The first-order valence-electron chi connectivity index (χ1n) is 5.49. The summed E-state index contributed by atoms with van der Waals surface area (Å²) in [6, 6.07) is 5.02. The van der Waals surface area contributed by atoms with Gasteiger partial charge in [-0.1, -0.05) is 6.07 Å². The molecule has 0 fully saturated rings. The van der Waals surface area contributed by atoms with Gasteiger partial charge in [-0.15, -0.1) is 0 Å². The van der Waals surface area contributed by atoms with Crippen LogP contribution in [0.25, 0.3) is 0 Å². The summed E-state index contributed by atoms with van der Waals surface area (Å²) < 4.78 is 24.0. The number of likely N-dealkylation sites (N-methyl/N-ethyl adjacent to an activating group) is 1. The van der Waals surface area contributed by atoms with E-state index in [1.807, 2.05) is 13.8 Å². The molecule has 0 aliphatic rings. The van der Waals surface area contributed by atoms with Gasteiger partial charge in [-0.3, -0.25) is 0 Å². The first-order chi connectivity index (χ1) is 7.86. The van der Waals surface area contributed by atoms with E-state index in [-0.39, 0.29) is 17.2 Å². The largest absolute Gasteiger partial charge is 0.391 e. The Kier molecular flexibility index (Phi) is 4.68. The molecule has 0 saturated heterocycles. The molecule has 17 heavy (non-hydrogen) atoms. The van der Waals surface area contributed by atoms with Crippen molar-refractivity contribution >= 4 is 9.84 Å². The number of benzene rings is 1. The van der Waals surface area contributed by atoms with Crippen LogP contribution in [0.1, 0.15) is 11.1 Å². The molecule has 0 aromatic heterocycles. The third-order valence-corrected chi connectivity index (χ3v) is 4.48. The molecular formula is C12H19NO3S. The maximum Gasteiger partial charge on any atom is 0.180 e. The van der Waals surface area contributed by atoms with Crippen LogP contribution >= 0.6 is 0 Å². The van der Waals surface area contributed by atoms with Gasteiger partial charge in [0.2, 0.25) is 0 Å². The Bertz CT molecular complexity index is 483. The van der Waals surface area contributed by atoms with Crippen LogP contribution in [0.3, 0.4) is 0 Å². The van der Waals surface area contributed by atoms with Crippen molar-refractivity contribution in [3.8, 4) is 0 Å². The molecular weight excluding hydrogens is 238 g/mol. The molecule has 1 unspecified atom stereocenters. The van der Waals surface area contributed by atoms with Gasteiger partial charge < -0.3 is 10.4 Å². The lowest BCUT2D eigenvalue weighted by Crippen LogP contribution is -2.30. The van der Waals surface area contributed by atoms with E-state index < -0.39 is 15.9 Å². The minimum atomic E-state index is -3.41. The van der Waals surface area contributed by atoms with Crippen molar-refractivity contribution in [3.05, 3.63) is 29.3 Å². The third-order valence-electron chi connectivity index (χ3n) is 2.69. The van der Waals surface area contributed by atoms with Gasteiger partial charge in [0.15, 0.2) is 9.84 Å². The minimum absolute atomic E-state index is 0.254. The summed E-state index contributed by atoms with van der Waals surface area (Å²) in [5, 5.41) is 12.3. The Labute approximate surface area is 103 Å². The molecule has 1 atom stereocenters. The first kappa shape index (κ1) is 14.2. The summed E-state index contributed by atoms with van der Waals surface area (Å²) in [5.74, 6) is -0.254. The van der Waals surface area contributed by atoms with Crippen molar-refractivity contribution in [2.75, 3.05) is 19.3 Å². The van der Waals surface area contributed by atoms with Crippen LogP contribution in [0.4, 0.5) is 0 Å². The summed E-state index contributed by atoms with van der Waals surface area (Å²) in [7, 11) is -1.74. The Balaban J connectivity index is 2.93. The van der Waals surface area contributed by atoms with E-state index in [1.165, 1.54) is 0 Å². The van der Waals surface area contributed by atoms with Crippen LogP contribution in [0.5, 0.6) is 0 Å². The maximum absolute atomic E-state index is 12.0. The number of aryl methyl sites for hydroxylation is 2. The molecule has 4 nitrogen and oxygen atoms in total. The number of sulfone groups is 1. The standard InChI is InChI=1S/C12H19NO3S/c1-9-4-5-12(6-10(9)2)17(15,16)8-11(14)7-13-3/h4-6,11,13-14H,7-8H2,1-3H3. The monoisotopic (exact) mass is 257 g/mol. The summed E-state index contributed by atoms with van der Waals surface area (Å²) in [6.45, 7) is 4.07. The summed E-state index contributed by atoms with van der Waals surface area (Å²) in [6.07, 6.45) is -0.883. The molecule has 1 aromatic rings. The van der Waals surface area contributed by atoms with Gasteiger partial charge in [-0.2, -0.15) is 0 Å². The Morgan fingerprint density at radius 1 is 1.29 bits per heavy atom. The molecule has 0 bridgehead atoms. The fraction of sp³-hybridized carbons (Fsp3) is 0.500. The van der Waals surface area contributed by atoms with Crippen molar-refractivity contribution < 1.29 is 13.5 Å². The number of rotatable bonds is 5. The lowest BCUT2D eigenvalue weighted by molar-refractivity contribution is 0.197. The first-order valence-corrected chi connectivity index (χ1v) is 7.14. The van der Waals surface area contributed by atoms with Crippen LogP contribution < -0.4 is 5.32 Å². The minimum Gasteiger partial charge on any atom is -0.391 e. The number of hydrogen-bond donors (Lipinski definition) is 2. The predicted molar refractivity (Wildman–Crippen MR) is 67.9 cm³/mol. The Hall–Kier alpha value is -0.910. The Morgan fingerprint density at radius 3 is 2.47 bits per heavy atom. The highest BCUT2D eigenvalue weighted by Gasteiger charge is 2.19. The summed E-state index contributed by atoms with van der Waals surface area (Å²) >= 11 is 0. The van der Waals surface area contributed by atoms with Crippen molar-refractivity contribution in [3.63, 3.8) is 0 Å². The van der Waals surface area contributed by atoms with Crippen molar-refractivity contribution in [1.82, 2.24) is 5.32 Å². The van der Waals surface area contributed by atoms with E-state index in [4.69, 9.17) is 0 Å². The molecule has 96 valence electrons. The second kappa shape index (κ2) is 5.62. The number of aliphatic hydroxyl groups excluding tert-OH is 1. The highest BCUT2D eigenvalue weighted by Crippen LogP contribution is 2.16. The molecule has 0 amide bonds. The third kappa shape index (κ3) is 3.80. The number of nitrogens with one attached hydrogen (secondary N) is 1. The van der Waals surface area contributed by atoms with Crippen LogP contribution in [0.15, 0.2) is 23.1 Å². The normalized spacial score (nSPS) is 13.6. The fourth-order valence-electron chi connectivity index (χ4n) is 1.55. The van der Waals surface area contributed by atoms with Gasteiger partial charge in [0.1, 0.15) is 0 Å². The molecule has 1 rings (SSSR count). The van der Waals surface area contributed by atoms with Crippen molar-refractivity contribution in [2.45, 2.75) is 24.8 Å². The van der Waals surface area contributed by atoms with Crippen LogP contribution in [0, 0.1) is 13.8 Å². The van der Waals surface area contributed by atoms with E-state index in [9.17, 15) is 13.5 Å². The van der Waals surface area contributed by atoms with Gasteiger partial charge in [0, 0.05) is 6.54 Å². The average Bonchev–Trinajstić information content (AvgIpc) is 2.21. The topological polar surface area (TPSA) is 66.4 Å². The van der Waals surface area contributed by atoms with E-state index in [0.29, 0.717) is 0 Å². The van der Waals surface area contributed by atoms with Crippen molar-refractivity contribution in [2.24, 2.45) is 0 Å². The highest BCUT2D eigenvalue weighted by molar-refractivity contribution is 7.91. The maximum atomic E-state index is 12.0. The second-order valence-corrected chi connectivity index (χ2v) is 6.27. The van der Waals surface area contributed by atoms with Gasteiger partial charge >= 0.3 is 0 Å². The summed E-state index contributed by atoms with van der Waals surface area (Å²) in [4.78, 5) is 0.274. The van der Waals surface area contributed by atoms with Crippen molar-refractivity contribution in [1.29, 1.82) is 0 Å². The predicted octanol–water partition coefficient (Wildman–Crippen LogP) is 0.657. The van der Waals surface area contributed by atoms with E-state index in [0.717, 1.165) is 11.1 Å².